The van der Waals surface area contributed by atoms with Crippen LogP contribution in [0.3, 0.4) is 0 Å². The first-order chi connectivity index (χ1) is 12.6. The Morgan fingerprint density at radius 3 is 2.27 bits per heavy atom. The van der Waals surface area contributed by atoms with Crippen molar-refractivity contribution in [3.63, 3.8) is 0 Å². The van der Waals surface area contributed by atoms with Gasteiger partial charge in [0.15, 0.2) is 0 Å². The van der Waals surface area contributed by atoms with E-state index in [9.17, 15) is 9.59 Å². The van der Waals surface area contributed by atoms with Gasteiger partial charge in [-0.2, -0.15) is 0 Å². The highest BCUT2D eigenvalue weighted by atomic mass is 16.5. The number of anilines is 1. The molecular weight excluding hydrogens is 332 g/mol. The van der Waals surface area contributed by atoms with E-state index < -0.39 is 5.97 Å². The summed E-state index contributed by atoms with van der Waals surface area (Å²) >= 11 is 0. The Hall–Kier alpha value is -2.86. The molecule has 1 amide bonds. The van der Waals surface area contributed by atoms with Crippen LogP contribution in [0.4, 0.5) is 5.69 Å². The standard InChI is InChI=1S/C20H22N2O4/c23-19(24)15-22(14-16-4-2-1-3-5-16)20(25)17-6-8-18(9-7-17)21-10-12-26-13-11-21/h1-9H,10-15H2,(H,23,24). The summed E-state index contributed by atoms with van der Waals surface area (Å²) in [5.41, 5.74) is 2.42. The molecule has 0 spiro atoms. The molecule has 1 aliphatic heterocycles. The van der Waals surface area contributed by atoms with Crippen LogP contribution < -0.4 is 4.90 Å². The summed E-state index contributed by atoms with van der Waals surface area (Å²) in [4.78, 5) is 27.5. The summed E-state index contributed by atoms with van der Waals surface area (Å²) in [5.74, 6) is -1.32. The van der Waals surface area contributed by atoms with Crippen molar-refractivity contribution >= 4 is 17.6 Å². The molecule has 0 bridgehead atoms. The van der Waals surface area contributed by atoms with E-state index >= 15 is 0 Å². The van der Waals surface area contributed by atoms with E-state index in [1.54, 1.807) is 12.1 Å². The van der Waals surface area contributed by atoms with E-state index in [-0.39, 0.29) is 19.0 Å². The normalized spacial score (nSPS) is 14.1. The van der Waals surface area contributed by atoms with Gasteiger partial charge in [0.2, 0.25) is 0 Å². The van der Waals surface area contributed by atoms with Crippen molar-refractivity contribution in [3.8, 4) is 0 Å². The van der Waals surface area contributed by atoms with E-state index in [1.807, 2.05) is 42.5 Å². The van der Waals surface area contributed by atoms with Crippen molar-refractivity contribution in [1.29, 1.82) is 0 Å². The van der Waals surface area contributed by atoms with Gasteiger partial charge in [0.05, 0.1) is 13.2 Å². The van der Waals surface area contributed by atoms with Gasteiger partial charge in [0, 0.05) is 30.9 Å². The van der Waals surface area contributed by atoms with Crippen molar-refractivity contribution in [2.45, 2.75) is 6.54 Å². The summed E-state index contributed by atoms with van der Waals surface area (Å²) in [6.45, 7) is 2.98. The first-order valence-electron chi connectivity index (χ1n) is 8.61. The van der Waals surface area contributed by atoms with Gasteiger partial charge >= 0.3 is 5.97 Å². The van der Waals surface area contributed by atoms with Crippen LogP contribution in [0.25, 0.3) is 0 Å². The van der Waals surface area contributed by atoms with E-state index in [2.05, 4.69) is 4.90 Å². The van der Waals surface area contributed by atoms with Crippen molar-refractivity contribution in [2.24, 2.45) is 0 Å². The van der Waals surface area contributed by atoms with Crippen molar-refractivity contribution < 1.29 is 19.4 Å². The zero-order chi connectivity index (χ0) is 18.4. The van der Waals surface area contributed by atoms with Crippen LogP contribution in [-0.2, 0) is 16.1 Å². The molecular formula is C20H22N2O4. The lowest BCUT2D eigenvalue weighted by atomic mass is 10.1. The number of morpholine rings is 1. The summed E-state index contributed by atoms with van der Waals surface area (Å²) in [6.07, 6.45) is 0. The maximum Gasteiger partial charge on any atom is 0.323 e. The van der Waals surface area contributed by atoms with Crippen LogP contribution in [0, 0.1) is 0 Å². The molecule has 0 aromatic heterocycles. The minimum absolute atomic E-state index is 0.261. The van der Waals surface area contributed by atoms with Gasteiger partial charge in [-0.1, -0.05) is 30.3 Å². The number of ether oxygens (including phenoxy) is 1. The molecule has 1 aliphatic rings. The average Bonchev–Trinajstić information content (AvgIpc) is 2.68. The van der Waals surface area contributed by atoms with Crippen molar-refractivity contribution in [3.05, 3.63) is 65.7 Å². The molecule has 0 radical (unpaired) electrons. The van der Waals surface area contributed by atoms with Gasteiger partial charge in [0.25, 0.3) is 5.91 Å². The minimum Gasteiger partial charge on any atom is -0.480 e. The Kier molecular flexibility index (Phi) is 5.86. The predicted octanol–water partition coefficient (Wildman–Crippen LogP) is 2.25. The number of hydrogen-bond donors (Lipinski definition) is 1. The second-order valence-corrected chi connectivity index (χ2v) is 6.19. The van der Waals surface area contributed by atoms with Crippen LogP contribution in [0.15, 0.2) is 54.6 Å². The molecule has 6 heteroatoms. The molecule has 0 unspecified atom stereocenters. The highest BCUT2D eigenvalue weighted by Gasteiger charge is 2.19. The molecule has 0 saturated carbocycles. The summed E-state index contributed by atoms with van der Waals surface area (Å²) in [5, 5.41) is 9.16. The summed E-state index contributed by atoms with van der Waals surface area (Å²) in [7, 11) is 0. The maximum atomic E-state index is 12.8. The number of benzene rings is 2. The van der Waals surface area contributed by atoms with Crippen molar-refractivity contribution in [1.82, 2.24) is 4.90 Å². The highest BCUT2D eigenvalue weighted by Crippen LogP contribution is 2.18. The van der Waals surface area contributed by atoms with Crippen LogP contribution in [0.5, 0.6) is 0 Å². The largest absolute Gasteiger partial charge is 0.480 e. The molecule has 6 nitrogen and oxygen atoms in total. The van der Waals surface area contributed by atoms with Gasteiger partial charge in [-0.15, -0.1) is 0 Å². The molecule has 1 saturated heterocycles. The van der Waals surface area contributed by atoms with Crippen LogP contribution in [-0.4, -0.2) is 54.7 Å². The summed E-state index contributed by atoms with van der Waals surface area (Å²) in [6, 6.07) is 16.7. The molecule has 3 rings (SSSR count). The minimum atomic E-state index is -1.03. The second kappa shape index (κ2) is 8.49. The third-order valence-electron chi connectivity index (χ3n) is 4.32. The Bertz CT molecular complexity index is 740. The van der Waals surface area contributed by atoms with Crippen LogP contribution in [0.1, 0.15) is 15.9 Å². The highest BCUT2D eigenvalue weighted by molar-refractivity contribution is 5.96. The van der Waals surface area contributed by atoms with Gasteiger partial charge in [0.1, 0.15) is 6.54 Å². The zero-order valence-electron chi connectivity index (χ0n) is 14.5. The predicted molar refractivity (Wildman–Crippen MR) is 98.3 cm³/mol. The third kappa shape index (κ3) is 4.61. The van der Waals surface area contributed by atoms with Gasteiger partial charge in [-0.25, -0.2) is 0 Å². The number of carbonyl (C=O) groups is 2. The number of nitrogens with zero attached hydrogens (tertiary/aromatic N) is 2. The molecule has 26 heavy (non-hydrogen) atoms. The quantitative estimate of drug-likeness (QED) is 0.862. The number of rotatable bonds is 6. The maximum absolute atomic E-state index is 12.8. The lowest BCUT2D eigenvalue weighted by molar-refractivity contribution is -0.137. The monoisotopic (exact) mass is 354 g/mol. The van der Waals surface area contributed by atoms with Gasteiger partial charge < -0.3 is 19.6 Å². The van der Waals surface area contributed by atoms with Crippen molar-refractivity contribution in [2.75, 3.05) is 37.7 Å². The Labute approximate surface area is 152 Å². The molecule has 0 atom stereocenters. The Morgan fingerprint density at radius 1 is 1.00 bits per heavy atom. The molecule has 1 N–H and O–H groups in total. The first-order valence-corrected chi connectivity index (χ1v) is 8.61. The van der Waals surface area contributed by atoms with Crippen LogP contribution >= 0.6 is 0 Å². The van der Waals surface area contributed by atoms with Gasteiger partial charge in [-0.05, 0) is 29.8 Å². The second-order valence-electron chi connectivity index (χ2n) is 6.19. The molecule has 1 fully saturated rings. The van der Waals surface area contributed by atoms with E-state index in [1.165, 1.54) is 4.90 Å². The van der Waals surface area contributed by atoms with E-state index in [0.717, 1.165) is 24.3 Å². The lowest BCUT2D eigenvalue weighted by Crippen LogP contribution is -2.36. The lowest BCUT2D eigenvalue weighted by Gasteiger charge is -2.29. The van der Waals surface area contributed by atoms with Gasteiger partial charge in [-0.3, -0.25) is 9.59 Å². The fourth-order valence-corrected chi connectivity index (χ4v) is 2.99. The Balaban J connectivity index is 1.74. The molecule has 136 valence electrons. The molecule has 2 aromatic carbocycles. The molecule has 0 aliphatic carbocycles. The number of carboxylic acid groups (broad SMARTS) is 1. The fraction of sp³-hybridized carbons (Fsp3) is 0.300. The third-order valence-corrected chi connectivity index (χ3v) is 4.32. The Morgan fingerprint density at radius 2 is 1.65 bits per heavy atom. The van der Waals surface area contributed by atoms with E-state index in [4.69, 9.17) is 9.84 Å². The van der Waals surface area contributed by atoms with E-state index in [0.29, 0.717) is 18.8 Å². The average molecular weight is 354 g/mol. The fourth-order valence-electron chi connectivity index (χ4n) is 2.99. The number of carbonyl (C=O) groups excluding carboxylic acids is 1. The number of amides is 1. The summed E-state index contributed by atoms with van der Waals surface area (Å²) < 4.78 is 5.35. The molecule has 1 heterocycles. The first kappa shape index (κ1) is 17.9. The zero-order valence-corrected chi connectivity index (χ0v) is 14.5. The number of carboxylic acids is 1. The SMILES string of the molecule is O=C(O)CN(Cc1ccccc1)C(=O)c1ccc(N2CCOCC2)cc1. The molecule has 2 aromatic rings. The number of aliphatic carboxylic acids is 1. The topological polar surface area (TPSA) is 70.1 Å². The smallest absolute Gasteiger partial charge is 0.323 e. The number of hydrogen-bond acceptors (Lipinski definition) is 4. The van der Waals surface area contributed by atoms with Crippen LogP contribution in [0.2, 0.25) is 0 Å².